The molecule has 2 aliphatic heterocycles. The largest absolute Gasteiger partial charge is 0.463 e. The van der Waals surface area contributed by atoms with E-state index < -0.39 is 6.23 Å². The molecular formula is C22H14BrCl3N2O. The molecule has 3 nitrogen and oxygen atoms in total. The smallest absolute Gasteiger partial charge is 0.215 e. The van der Waals surface area contributed by atoms with Crippen molar-refractivity contribution in [3.8, 4) is 5.75 Å². The van der Waals surface area contributed by atoms with E-state index in [9.17, 15) is 0 Å². The van der Waals surface area contributed by atoms with E-state index in [2.05, 4.69) is 28.1 Å². The molecule has 5 rings (SSSR count). The zero-order valence-electron chi connectivity index (χ0n) is 14.9. The minimum Gasteiger partial charge on any atom is -0.463 e. The Bertz CT molecular complexity index is 1130. The summed E-state index contributed by atoms with van der Waals surface area (Å²) in [6.45, 7) is 0. The number of halogens is 4. The van der Waals surface area contributed by atoms with Gasteiger partial charge in [-0.2, -0.15) is 5.10 Å². The third-order valence-corrected chi connectivity index (χ3v) is 6.53. The Hall–Kier alpha value is -1.72. The van der Waals surface area contributed by atoms with Crippen molar-refractivity contribution in [2.24, 2.45) is 5.10 Å². The van der Waals surface area contributed by atoms with E-state index in [1.165, 1.54) is 0 Å². The number of rotatable bonds is 2. The summed E-state index contributed by atoms with van der Waals surface area (Å²) < 4.78 is 7.36. The Morgan fingerprint density at radius 3 is 2.45 bits per heavy atom. The van der Waals surface area contributed by atoms with Gasteiger partial charge in [0.2, 0.25) is 6.23 Å². The van der Waals surface area contributed by atoms with E-state index in [4.69, 9.17) is 44.6 Å². The zero-order valence-corrected chi connectivity index (χ0v) is 18.8. The highest BCUT2D eigenvalue weighted by Gasteiger charge is 2.42. The summed E-state index contributed by atoms with van der Waals surface area (Å²) in [7, 11) is 0. The molecular weight excluding hydrogens is 495 g/mol. The Morgan fingerprint density at radius 2 is 1.69 bits per heavy atom. The third-order valence-electron chi connectivity index (χ3n) is 5.16. The first-order valence-electron chi connectivity index (χ1n) is 9.03. The molecule has 0 aliphatic carbocycles. The van der Waals surface area contributed by atoms with Crippen LogP contribution in [0.1, 0.15) is 35.4 Å². The van der Waals surface area contributed by atoms with Gasteiger partial charge in [0.25, 0.3) is 0 Å². The van der Waals surface area contributed by atoms with Gasteiger partial charge in [0.15, 0.2) is 0 Å². The molecule has 0 saturated carbocycles. The van der Waals surface area contributed by atoms with Crippen molar-refractivity contribution in [2.75, 3.05) is 0 Å². The maximum atomic E-state index is 6.50. The lowest BCUT2D eigenvalue weighted by atomic mass is 9.96. The number of nitrogens with zero attached hydrogens (tertiary/aromatic N) is 2. The average Bonchev–Trinajstić information content (AvgIpc) is 3.14. The molecule has 2 aliphatic rings. The highest BCUT2D eigenvalue weighted by atomic mass is 79.9. The summed E-state index contributed by atoms with van der Waals surface area (Å²) in [5, 5.41) is 8.58. The van der Waals surface area contributed by atoms with Gasteiger partial charge in [0.1, 0.15) is 5.75 Å². The van der Waals surface area contributed by atoms with Gasteiger partial charge in [0, 0.05) is 32.1 Å². The SMILES string of the molecule is Clc1cc(Cl)c2c(c1)[C@@H]1CC(c3ccc(Br)cc3)=NN1[C@H](c1ccccc1Cl)O2. The second-order valence-corrected chi connectivity index (χ2v) is 9.12. The lowest BCUT2D eigenvalue weighted by Crippen LogP contribution is -2.34. The van der Waals surface area contributed by atoms with E-state index in [-0.39, 0.29) is 6.04 Å². The number of ether oxygens (including phenoxy) is 1. The topological polar surface area (TPSA) is 24.8 Å². The molecule has 0 bridgehead atoms. The van der Waals surface area contributed by atoms with Crippen LogP contribution in [0.3, 0.4) is 0 Å². The van der Waals surface area contributed by atoms with Crippen LogP contribution in [-0.4, -0.2) is 10.7 Å². The van der Waals surface area contributed by atoms with Crippen LogP contribution >= 0.6 is 50.7 Å². The van der Waals surface area contributed by atoms with E-state index in [1.807, 2.05) is 47.5 Å². The van der Waals surface area contributed by atoms with E-state index >= 15 is 0 Å². The fraction of sp³-hybridized carbons (Fsp3) is 0.136. The number of hydrogen-bond acceptors (Lipinski definition) is 3. The maximum Gasteiger partial charge on any atom is 0.215 e. The van der Waals surface area contributed by atoms with Gasteiger partial charge in [-0.25, -0.2) is 5.01 Å². The summed E-state index contributed by atoms with van der Waals surface area (Å²) in [4.78, 5) is 0. The van der Waals surface area contributed by atoms with E-state index in [0.717, 1.165) is 33.3 Å². The quantitative estimate of drug-likeness (QED) is 0.355. The predicted molar refractivity (Wildman–Crippen MR) is 121 cm³/mol. The molecule has 0 N–H and O–H groups in total. The van der Waals surface area contributed by atoms with Crippen LogP contribution < -0.4 is 4.74 Å². The lowest BCUT2D eigenvalue weighted by Gasteiger charge is -2.38. The molecule has 0 unspecified atom stereocenters. The lowest BCUT2D eigenvalue weighted by molar-refractivity contribution is -0.0188. The summed E-state index contributed by atoms with van der Waals surface area (Å²) in [5.74, 6) is 0.634. The maximum absolute atomic E-state index is 6.50. The molecule has 3 aromatic rings. The molecule has 0 amide bonds. The Balaban J connectivity index is 1.65. The van der Waals surface area contributed by atoms with E-state index in [1.54, 1.807) is 6.07 Å². The van der Waals surface area contributed by atoms with Crippen molar-refractivity contribution in [1.29, 1.82) is 0 Å². The van der Waals surface area contributed by atoms with Gasteiger partial charge in [-0.3, -0.25) is 0 Å². The van der Waals surface area contributed by atoms with Gasteiger partial charge in [-0.05, 0) is 35.9 Å². The summed E-state index contributed by atoms with van der Waals surface area (Å²) >= 11 is 22.8. The van der Waals surface area contributed by atoms with Crippen molar-refractivity contribution in [3.63, 3.8) is 0 Å². The fourth-order valence-corrected chi connectivity index (χ4v) is 4.86. The van der Waals surface area contributed by atoms with E-state index in [0.29, 0.717) is 20.8 Å². The minimum atomic E-state index is -0.479. The van der Waals surface area contributed by atoms with Gasteiger partial charge < -0.3 is 4.74 Å². The molecule has 0 fully saturated rings. The molecule has 3 aromatic carbocycles. The molecule has 146 valence electrons. The highest BCUT2D eigenvalue weighted by molar-refractivity contribution is 9.10. The molecule has 29 heavy (non-hydrogen) atoms. The van der Waals surface area contributed by atoms with Gasteiger partial charge in [0.05, 0.1) is 16.8 Å². The Labute approximate surface area is 192 Å². The van der Waals surface area contributed by atoms with Crippen LogP contribution in [0.15, 0.2) is 70.2 Å². The predicted octanol–water partition coefficient (Wildman–Crippen LogP) is 7.65. The zero-order chi connectivity index (χ0) is 20.1. The number of benzene rings is 3. The molecule has 0 saturated heterocycles. The van der Waals surface area contributed by atoms with Crippen molar-refractivity contribution >= 4 is 56.4 Å². The van der Waals surface area contributed by atoms with Crippen LogP contribution in [0.5, 0.6) is 5.75 Å². The average molecular weight is 509 g/mol. The number of hydrogen-bond donors (Lipinski definition) is 0. The minimum absolute atomic E-state index is 0.0464. The van der Waals surface area contributed by atoms with Crippen molar-refractivity contribution in [1.82, 2.24) is 5.01 Å². The Kier molecular flexibility index (Phi) is 4.99. The first-order valence-corrected chi connectivity index (χ1v) is 11.0. The van der Waals surface area contributed by atoms with Crippen LogP contribution in [0.25, 0.3) is 0 Å². The molecule has 0 aromatic heterocycles. The van der Waals surface area contributed by atoms with Crippen LogP contribution in [0.2, 0.25) is 15.1 Å². The monoisotopic (exact) mass is 506 g/mol. The van der Waals surface area contributed by atoms with Gasteiger partial charge >= 0.3 is 0 Å². The van der Waals surface area contributed by atoms with Gasteiger partial charge in [-0.1, -0.05) is 81.1 Å². The summed E-state index contributed by atoms with van der Waals surface area (Å²) in [5.41, 5.74) is 3.82. The van der Waals surface area contributed by atoms with Crippen molar-refractivity contribution in [2.45, 2.75) is 18.7 Å². The summed E-state index contributed by atoms with van der Waals surface area (Å²) in [6, 6.07) is 19.3. The van der Waals surface area contributed by atoms with Crippen LogP contribution in [0, 0.1) is 0 Å². The molecule has 2 heterocycles. The first kappa shape index (κ1) is 19.3. The normalized spacial score (nSPS) is 20.0. The fourth-order valence-electron chi connectivity index (χ4n) is 3.81. The van der Waals surface area contributed by atoms with Crippen molar-refractivity contribution in [3.05, 3.63) is 96.9 Å². The second-order valence-electron chi connectivity index (χ2n) is 6.95. The molecule has 0 radical (unpaired) electrons. The van der Waals surface area contributed by atoms with Gasteiger partial charge in [-0.15, -0.1) is 0 Å². The standard InChI is InChI=1S/C22H14BrCl3N2O/c23-13-7-5-12(6-8-13)19-11-20-16-9-14(24)10-18(26)21(16)29-22(28(20)27-19)15-3-1-2-4-17(15)25/h1-10,20,22H,11H2/t20-,22-/m0/s1. The first-order chi connectivity index (χ1) is 14.0. The highest BCUT2D eigenvalue weighted by Crippen LogP contribution is 2.51. The molecule has 7 heteroatoms. The second kappa shape index (κ2) is 7.51. The molecule has 0 spiro atoms. The summed E-state index contributed by atoms with van der Waals surface area (Å²) in [6.07, 6.45) is 0.239. The van der Waals surface area contributed by atoms with Crippen LogP contribution in [-0.2, 0) is 0 Å². The number of hydrazone groups is 1. The van der Waals surface area contributed by atoms with Crippen LogP contribution in [0.4, 0.5) is 0 Å². The number of fused-ring (bicyclic) bond motifs is 3. The Morgan fingerprint density at radius 1 is 0.931 bits per heavy atom. The van der Waals surface area contributed by atoms with Crippen molar-refractivity contribution < 1.29 is 4.74 Å². The third kappa shape index (κ3) is 3.42. The molecule has 2 atom stereocenters.